The van der Waals surface area contributed by atoms with E-state index < -0.39 is 5.97 Å². The quantitative estimate of drug-likeness (QED) is 0.756. The molecule has 1 fully saturated rings. The Kier molecular flexibility index (Phi) is 5.95. The molecule has 0 radical (unpaired) electrons. The van der Waals surface area contributed by atoms with Crippen LogP contribution in [0.5, 0.6) is 0 Å². The average Bonchev–Trinajstić information content (AvgIpc) is 2.46. The van der Waals surface area contributed by atoms with Crippen molar-refractivity contribution in [1.82, 2.24) is 10.2 Å². The Balaban J connectivity index is 2.36. The van der Waals surface area contributed by atoms with E-state index in [0.29, 0.717) is 18.9 Å². The zero-order chi connectivity index (χ0) is 13.5. The second kappa shape index (κ2) is 7.24. The Morgan fingerprint density at radius 1 is 1.33 bits per heavy atom. The molecule has 0 aromatic carbocycles. The van der Waals surface area contributed by atoms with Gasteiger partial charge in [-0.15, -0.1) is 0 Å². The van der Waals surface area contributed by atoms with Gasteiger partial charge in [0.2, 0.25) is 0 Å². The number of amides is 2. The van der Waals surface area contributed by atoms with Gasteiger partial charge >= 0.3 is 12.0 Å². The molecule has 1 saturated heterocycles. The summed E-state index contributed by atoms with van der Waals surface area (Å²) in [6.07, 6.45) is 3.98. The van der Waals surface area contributed by atoms with E-state index in [4.69, 9.17) is 5.11 Å². The van der Waals surface area contributed by atoms with Crippen LogP contribution in [0, 0.1) is 5.92 Å². The van der Waals surface area contributed by atoms with Gasteiger partial charge in [0.25, 0.3) is 0 Å². The summed E-state index contributed by atoms with van der Waals surface area (Å²) in [5.41, 5.74) is 0. The Morgan fingerprint density at radius 2 is 2.06 bits per heavy atom. The number of carboxylic acids is 1. The first-order chi connectivity index (χ1) is 8.50. The van der Waals surface area contributed by atoms with E-state index in [-0.39, 0.29) is 18.5 Å². The molecule has 0 saturated carbocycles. The molecule has 1 aliphatic rings. The summed E-state index contributed by atoms with van der Waals surface area (Å²) in [4.78, 5) is 24.3. The molecule has 2 unspecified atom stereocenters. The van der Waals surface area contributed by atoms with Crippen molar-refractivity contribution in [2.24, 2.45) is 5.92 Å². The number of carbonyl (C=O) groups excluding carboxylic acids is 1. The second-order valence-electron chi connectivity index (χ2n) is 5.27. The molecule has 18 heavy (non-hydrogen) atoms. The number of hydrogen-bond acceptors (Lipinski definition) is 2. The Bertz CT molecular complexity index is 294. The number of aliphatic carboxylic acids is 1. The fourth-order valence-electron chi connectivity index (χ4n) is 2.34. The van der Waals surface area contributed by atoms with Gasteiger partial charge in [-0.25, -0.2) is 4.79 Å². The van der Waals surface area contributed by atoms with Crippen molar-refractivity contribution in [3.8, 4) is 0 Å². The number of carboxylic acid groups (broad SMARTS) is 1. The third-order valence-corrected chi connectivity index (χ3v) is 3.46. The molecule has 0 aliphatic carbocycles. The van der Waals surface area contributed by atoms with Crippen LogP contribution in [0.1, 0.15) is 46.0 Å². The highest BCUT2D eigenvalue weighted by atomic mass is 16.4. The van der Waals surface area contributed by atoms with Gasteiger partial charge < -0.3 is 15.3 Å². The third kappa shape index (κ3) is 4.94. The Hall–Kier alpha value is -1.26. The summed E-state index contributed by atoms with van der Waals surface area (Å²) in [6.45, 7) is 5.48. The summed E-state index contributed by atoms with van der Waals surface area (Å²) < 4.78 is 0. The molecule has 104 valence electrons. The lowest BCUT2D eigenvalue weighted by molar-refractivity contribution is -0.137. The van der Waals surface area contributed by atoms with Crippen molar-refractivity contribution in [3.05, 3.63) is 0 Å². The van der Waals surface area contributed by atoms with Crippen molar-refractivity contribution in [2.75, 3.05) is 13.1 Å². The molecule has 0 spiro atoms. The molecular weight excluding hydrogens is 232 g/mol. The molecule has 1 rings (SSSR count). The van der Waals surface area contributed by atoms with Gasteiger partial charge in [0.15, 0.2) is 0 Å². The maximum Gasteiger partial charge on any atom is 0.317 e. The highest BCUT2D eigenvalue weighted by Gasteiger charge is 2.24. The van der Waals surface area contributed by atoms with Gasteiger partial charge in [0.05, 0.1) is 0 Å². The first kappa shape index (κ1) is 14.8. The van der Waals surface area contributed by atoms with Crippen LogP contribution < -0.4 is 5.32 Å². The fraction of sp³-hybridized carbons (Fsp3) is 0.846. The van der Waals surface area contributed by atoms with Crippen molar-refractivity contribution in [3.63, 3.8) is 0 Å². The van der Waals surface area contributed by atoms with E-state index in [9.17, 15) is 9.59 Å². The number of rotatable bonds is 4. The van der Waals surface area contributed by atoms with Gasteiger partial charge in [0.1, 0.15) is 0 Å². The first-order valence-corrected chi connectivity index (χ1v) is 6.77. The van der Waals surface area contributed by atoms with E-state index in [1.807, 2.05) is 4.90 Å². The van der Waals surface area contributed by atoms with Crippen LogP contribution in [0.2, 0.25) is 0 Å². The fourth-order valence-corrected chi connectivity index (χ4v) is 2.34. The SMILES string of the molecule is CC1CCCC(C)N(C(=O)NCCCC(=O)O)C1. The lowest BCUT2D eigenvalue weighted by Crippen LogP contribution is -2.46. The largest absolute Gasteiger partial charge is 0.481 e. The van der Waals surface area contributed by atoms with Crippen molar-refractivity contribution in [1.29, 1.82) is 0 Å². The van der Waals surface area contributed by atoms with Crippen LogP contribution in [-0.2, 0) is 4.79 Å². The first-order valence-electron chi connectivity index (χ1n) is 6.77. The predicted octanol–water partition coefficient (Wildman–Crippen LogP) is 2.07. The van der Waals surface area contributed by atoms with E-state index in [0.717, 1.165) is 13.0 Å². The van der Waals surface area contributed by atoms with E-state index in [1.54, 1.807) is 0 Å². The smallest absolute Gasteiger partial charge is 0.317 e. The molecule has 2 amide bonds. The van der Waals surface area contributed by atoms with E-state index in [1.165, 1.54) is 12.8 Å². The lowest BCUT2D eigenvalue weighted by Gasteiger charge is -2.28. The molecule has 5 heteroatoms. The van der Waals surface area contributed by atoms with Crippen molar-refractivity contribution < 1.29 is 14.7 Å². The van der Waals surface area contributed by atoms with Crippen molar-refractivity contribution in [2.45, 2.75) is 52.0 Å². The number of nitrogens with one attached hydrogen (secondary N) is 1. The second-order valence-corrected chi connectivity index (χ2v) is 5.27. The van der Waals surface area contributed by atoms with Gasteiger partial charge in [-0.3, -0.25) is 4.79 Å². The molecule has 2 N–H and O–H groups in total. The van der Waals surface area contributed by atoms with Crippen LogP contribution in [0.4, 0.5) is 4.79 Å². The van der Waals surface area contributed by atoms with Crippen LogP contribution >= 0.6 is 0 Å². The van der Waals surface area contributed by atoms with Crippen molar-refractivity contribution >= 4 is 12.0 Å². The molecule has 2 atom stereocenters. The summed E-state index contributed by atoms with van der Waals surface area (Å²) in [5, 5.41) is 11.3. The lowest BCUT2D eigenvalue weighted by atomic mass is 10.1. The minimum atomic E-state index is -0.819. The summed E-state index contributed by atoms with van der Waals surface area (Å²) in [7, 11) is 0. The monoisotopic (exact) mass is 256 g/mol. The third-order valence-electron chi connectivity index (χ3n) is 3.46. The zero-order valence-corrected chi connectivity index (χ0v) is 11.3. The minimum absolute atomic E-state index is 0.0540. The summed E-state index contributed by atoms with van der Waals surface area (Å²) >= 11 is 0. The molecule has 1 aliphatic heterocycles. The molecule has 5 nitrogen and oxygen atoms in total. The van der Waals surface area contributed by atoms with Crippen LogP contribution in [0.3, 0.4) is 0 Å². The Morgan fingerprint density at radius 3 is 2.72 bits per heavy atom. The average molecular weight is 256 g/mol. The number of hydrogen-bond donors (Lipinski definition) is 2. The van der Waals surface area contributed by atoms with Crippen LogP contribution in [0.25, 0.3) is 0 Å². The Labute approximate surface area is 109 Å². The number of carbonyl (C=O) groups is 2. The van der Waals surface area contributed by atoms with E-state index in [2.05, 4.69) is 19.2 Å². The summed E-state index contributed by atoms with van der Waals surface area (Å²) in [6, 6.07) is 0.219. The highest BCUT2D eigenvalue weighted by Crippen LogP contribution is 2.20. The molecule has 1 heterocycles. The molecular formula is C13H24N2O3. The number of nitrogens with zero attached hydrogens (tertiary/aromatic N) is 1. The molecule has 0 aromatic heterocycles. The molecule has 0 bridgehead atoms. The predicted molar refractivity (Wildman–Crippen MR) is 69.5 cm³/mol. The van der Waals surface area contributed by atoms with Crippen LogP contribution in [0.15, 0.2) is 0 Å². The van der Waals surface area contributed by atoms with Gasteiger partial charge in [-0.1, -0.05) is 13.3 Å². The minimum Gasteiger partial charge on any atom is -0.481 e. The maximum atomic E-state index is 12.0. The van der Waals surface area contributed by atoms with Gasteiger partial charge in [-0.05, 0) is 32.1 Å². The number of likely N-dealkylation sites (tertiary alicyclic amines) is 1. The molecule has 0 aromatic rings. The van der Waals surface area contributed by atoms with Gasteiger partial charge in [-0.2, -0.15) is 0 Å². The number of urea groups is 1. The normalized spacial score (nSPS) is 24.4. The van der Waals surface area contributed by atoms with Gasteiger partial charge in [0, 0.05) is 25.6 Å². The standard InChI is InChI=1S/C13H24N2O3/c1-10-5-3-6-11(2)15(9-10)13(18)14-8-4-7-12(16)17/h10-11H,3-9H2,1-2H3,(H,14,18)(H,16,17). The highest BCUT2D eigenvalue weighted by molar-refractivity contribution is 5.74. The van der Waals surface area contributed by atoms with E-state index >= 15 is 0 Å². The zero-order valence-electron chi connectivity index (χ0n) is 11.3. The topological polar surface area (TPSA) is 69.6 Å². The maximum absolute atomic E-state index is 12.0. The van der Waals surface area contributed by atoms with Crippen LogP contribution in [-0.4, -0.2) is 41.1 Å². The summed E-state index contributed by atoms with van der Waals surface area (Å²) in [5.74, 6) is -0.277.